The van der Waals surface area contributed by atoms with E-state index in [1.807, 2.05) is 18.2 Å². The van der Waals surface area contributed by atoms with Gasteiger partial charge in [-0.1, -0.05) is 6.07 Å². The first-order valence-electron chi connectivity index (χ1n) is 4.29. The molecule has 2 aromatic rings. The Hall–Kier alpha value is -1.84. The fourth-order valence-electron chi connectivity index (χ4n) is 1.47. The van der Waals surface area contributed by atoms with Crippen LogP contribution in [0.15, 0.2) is 24.4 Å². The molecular formula is C10H10N2O2. The van der Waals surface area contributed by atoms with E-state index in [1.54, 1.807) is 18.0 Å². The second kappa shape index (κ2) is 3.49. The van der Waals surface area contributed by atoms with Crippen LogP contribution in [0.2, 0.25) is 0 Å². The van der Waals surface area contributed by atoms with Gasteiger partial charge in [0.1, 0.15) is 12.0 Å². The topological polar surface area (TPSA) is 44.1 Å². The van der Waals surface area contributed by atoms with Crippen LogP contribution in [0, 0.1) is 0 Å². The van der Waals surface area contributed by atoms with Gasteiger partial charge in [0, 0.05) is 0 Å². The van der Waals surface area contributed by atoms with Crippen LogP contribution in [0.25, 0.3) is 10.9 Å². The lowest BCUT2D eigenvalue weighted by molar-refractivity contribution is -0.108. The lowest BCUT2D eigenvalue weighted by Gasteiger charge is -2.01. The van der Waals surface area contributed by atoms with Gasteiger partial charge < -0.3 is 9.53 Å². The van der Waals surface area contributed by atoms with Crippen molar-refractivity contribution in [3.8, 4) is 5.75 Å². The van der Waals surface area contributed by atoms with Crippen molar-refractivity contribution in [1.29, 1.82) is 0 Å². The molecule has 0 saturated carbocycles. The SMILES string of the molecule is COc1cccc2c1cnn2CC=O. The lowest BCUT2D eigenvalue weighted by atomic mass is 10.2. The van der Waals surface area contributed by atoms with Gasteiger partial charge in [-0.15, -0.1) is 0 Å². The van der Waals surface area contributed by atoms with Gasteiger partial charge in [0.05, 0.1) is 30.8 Å². The van der Waals surface area contributed by atoms with Crippen molar-refractivity contribution in [2.24, 2.45) is 0 Å². The quantitative estimate of drug-likeness (QED) is 0.684. The van der Waals surface area contributed by atoms with E-state index in [1.165, 1.54) is 0 Å². The van der Waals surface area contributed by atoms with Crippen molar-refractivity contribution in [2.45, 2.75) is 6.54 Å². The minimum atomic E-state index is 0.274. The molecule has 1 aromatic carbocycles. The summed E-state index contributed by atoms with van der Waals surface area (Å²) in [6, 6.07) is 5.66. The molecule has 14 heavy (non-hydrogen) atoms. The molecule has 0 unspecified atom stereocenters. The van der Waals surface area contributed by atoms with Crippen LogP contribution in [0.3, 0.4) is 0 Å². The van der Waals surface area contributed by atoms with E-state index in [4.69, 9.17) is 4.74 Å². The second-order valence-electron chi connectivity index (χ2n) is 2.89. The Balaban J connectivity index is 2.63. The van der Waals surface area contributed by atoms with Crippen LogP contribution < -0.4 is 4.74 Å². The zero-order valence-electron chi connectivity index (χ0n) is 7.80. The Kier molecular flexibility index (Phi) is 2.18. The molecule has 4 heteroatoms. The summed E-state index contributed by atoms with van der Waals surface area (Å²) in [6.45, 7) is 0.274. The molecule has 0 aliphatic carbocycles. The van der Waals surface area contributed by atoms with Crippen LogP contribution in [-0.2, 0) is 11.3 Å². The normalized spacial score (nSPS) is 10.4. The number of hydrogen-bond acceptors (Lipinski definition) is 3. The highest BCUT2D eigenvalue weighted by Crippen LogP contribution is 2.24. The third-order valence-electron chi connectivity index (χ3n) is 2.11. The summed E-state index contributed by atoms with van der Waals surface area (Å²) in [4.78, 5) is 10.4. The third-order valence-corrected chi connectivity index (χ3v) is 2.11. The highest BCUT2D eigenvalue weighted by Gasteiger charge is 2.05. The van der Waals surface area contributed by atoms with Gasteiger partial charge in [-0.05, 0) is 12.1 Å². The van der Waals surface area contributed by atoms with Gasteiger partial charge in [-0.25, -0.2) is 0 Å². The molecular weight excluding hydrogens is 180 g/mol. The minimum absolute atomic E-state index is 0.274. The number of ether oxygens (including phenoxy) is 1. The predicted molar refractivity (Wildman–Crippen MR) is 52.3 cm³/mol. The fourth-order valence-corrected chi connectivity index (χ4v) is 1.47. The zero-order chi connectivity index (χ0) is 9.97. The number of carbonyl (C=O) groups excluding carboxylic acids is 1. The summed E-state index contributed by atoms with van der Waals surface area (Å²) in [6.07, 6.45) is 2.53. The molecule has 0 N–H and O–H groups in total. The molecule has 0 radical (unpaired) electrons. The molecule has 0 aliphatic rings. The third kappa shape index (κ3) is 1.25. The molecule has 0 bridgehead atoms. The molecule has 1 aromatic heterocycles. The summed E-state index contributed by atoms with van der Waals surface area (Å²) in [5.41, 5.74) is 0.913. The maximum Gasteiger partial charge on any atom is 0.141 e. The van der Waals surface area contributed by atoms with E-state index in [0.29, 0.717) is 0 Å². The lowest BCUT2D eigenvalue weighted by Crippen LogP contribution is -1.99. The fraction of sp³-hybridized carbons (Fsp3) is 0.200. The Morgan fingerprint density at radius 3 is 3.14 bits per heavy atom. The van der Waals surface area contributed by atoms with Crippen LogP contribution in [0.4, 0.5) is 0 Å². The van der Waals surface area contributed by atoms with Crippen molar-refractivity contribution in [3.05, 3.63) is 24.4 Å². The van der Waals surface area contributed by atoms with E-state index >= 15 is 0 Å². The summed E-state index contributed by atoms with van der Waals surface area (Å²) < 4.78 is 6.82. The van der Waals surface area contributed by atoms with Crippen molar-refractivity contribution in [3.63, 3.8) is 0 Å². The monoisotopic (exact) mass is 190 g/mol. The smallest absolute Gasteiger partial charge is 0.141 e. The number of hydrogen-bond donors (Lipinski definition) is 0. The summed E-state index contributed by atoms with van der Waals surface area (Å²) >= 11 is 0. The summed E-state index contributed by atoms with van der Waals surface area (Å²) in [5, 5.41) is 5.03. The minimum Gasteiger partial charge on any atom is -0.496 e. The Labute approximate surface area is 81.1 Å². The van der Waals surface area contributed by atoms with E-state index in [0.717, 1.165) is 22.9 Å². The Morgan fingerprint density at radius 2 is 2.43 bits per heavy atom. The van der Waals surface area contributed by atoms with Gasteiger partial charge in [0.2, 0.25) is 0 Å². The number of carbonyl (C=O) groups is 1. The van der Waals surface area contributed by atoms with E-state index in [-0.39, 0.29) is 6.54 Å². The molecule has 0 aliphatic heterocycles. The number of methoxy groups -OCH3 is 1. The second-order valence-corrected chi connectivity index (χ2v) is 2.89. The van der Waals surface area contributed by atoms with Crippen LogP contribution in [-0.4, -0.2) is 23.2 Å². The van der Waals surface area contributed by atoms with Gasteiger partial charge >= 0.3 is 0 Å². The molecule has 2 rings (SSSR count). The standard InChI is InChI=1S/C10H10N2O2/c1-14-10-4-2-3-9-8(10)7-11-12(9)5-6-13/h2-4,6-7H,5H2,1H3. The molecule has 0 amide bonds. The average Bonchev–Trinajstić information content (AvgIpc) is 2.62. The van der Waals surface area contributed by atoms with E-state index in [9.17, 15) is 4.79 Å². The largest absolute Gasteiger partial charge is 0.496 e. The molecule has 0 saturated heterocycles. The van der Waals surface area contributed by atoms with Crippen LogP contribution in [0.1, 0.15) is 0 Å². The maximum atomic E-state index is 10.4. The molecule has 4 nitrogen and oxygen atoms in total. The van der Waals surface area contributed by atoms with E-state index < -0.39 is 0 Å². The van der Waals surface area contributed by atoms with Crippen molar-refractivity contribution < 1.29 is 9.53 Å². The van der Waals surface area contributed by atoms with E-state index in [2.05, 4.69) is 5.10 Å². The summed E-state index contributed by atoms with van der Waals surface area (Å²) in [5.74, 6) is 0.777. The number of aromatic nitrogens is 2. The Bertz CT molecular complexity index is 462. The molecule has 1 heterocycles. The van der Waals surface area contributed by atoms with Gasteiger partial charge in [-0.2, -0.15) is 5.10 Å². The Morgan fingerprint density at radius 1 is 1.57 bits per heavy atom. The first-order valence-corrected chi connectivity index (χ1v) is 4.29. The van der Waals surface area contributed by atoms with Gasteiger partial charge in [0.15, 0.2) is 0 Å². The number of benzene rings is 1. The molecule has 0 atom stereocenters. The number of rotatable bonds is 3. The highest BCUT2D eigenvalue weighted by molar-refractivity contribution is 5.85. The number of fused-ring (bicyclic) bond motifs is 1. The van der Waals surface area contributed by atoms with Gasteiger partial charge in [0.25, 0.3) is 0 Å². The zero-order valence-corrected chi connectivity index (χ0v) is 7.80. The van der Waals surface area contributed by atoms with Gasteiger partial charge in [-0.3, -0.25) is 4.68 Å². The average molecular weight is 190 g/mol. The maximum absolute atomic E-state index is 10.4. The van der Waals surface area contributed by atoms with Crippen molar-refractivity contribution in [1.82, 2.24) is 9.78 Å². The first kappa shape index (κ1) is 8.74. The first-order chi connectivity index (χ1) is 6.86. The highest BCUT2D eigenvalue weighted by atomic mass is 16.5. The molecule has 0 spiro atoms. The molecule has 72 valence electrons. The predicted octanol–water partition coefficient (Wildman–Crippen LogP) is 1.24. The molecule has 0 fully saturated rings. The number of aldehydes is 1. The van der Waals surface area contributed by atoms with Crippen LogP contribution in [0.5, 0.6) is 5.75 Å². The number of nitrogens with zero attached hydrogens (tertiary/aromatic N) is 2. The summed E-state index contributed by atoms with van der Waals surface area (Å²) in [7, 11) is 1.62. The van der Waals surface area contributed by atoms with Crippen LogP contribution >= 0.6 is 0 Å². The van der Waals surface area contributed by atoms with Crippen molar-refractivity contribution in [2.75, 3.05) is 7.11 Å². The van der Waals surface area contributed by atoms with Crippen molar-refractivity contribution >= 4 is 17.2 Å².